The number of hydrogen-bond donors (Lipinski definition) is 2. The maximum Gasteiger partial charge on any atom is 0.408 e. The van der Waals surface area contributed by atoms with E-state index in [0.717, 1.165) is 18.0 Å². The molecule has 0 saturated heterocycles. The lowest BCUT2D eigenvalue weighted by Gasteiger charge is -2.22. The van der Waals surface area contributed by atoms with Gasteiger partial charge < -0.3 is 15.1 Å². The largest absolute Gasteiger partial charge is 0.408 e. The summed E-state index contributed by atoms with van der Waals surface area (Å²) >= 11 is 0. The van der Waals surface area contributed by atoms with Crippen molar-refractivity contribution in [1.82, 2.24) is 25.4 Å². The summed E-state index contributed by atoms with van der Waals surface area (Å²) in [4.78, 5) is 32.4. The van der Waals surface area contributed by atoms with Gasteiger partial charge in [-0.3, -0.25) is 14.7 Å². The third-order valence-corrected chi connectivity index (χ3v) is 5.22. The van der Waals surface area contributed by atoms with E-state index in [1.807, 2.05) is 11.4 Å². The van der Waals surface area contributed by atoms with Gasteiger partial charge in [0.25, 0.3) is 5.91 Å². The van der Waals surface area contributed by atoms with E-state index in [2.05, 4.69) is 15.2 Å². The van der Waals surface area contributed by atoms with Crippen molar-refractivity contribution in [2.45, 2.75) is 25.7 Å². The zero-order valence-electron chi connectivity index (χ0n) is 16.7. The molecule has 1 aliphatic heterocycles. The number of fused-ring (bicyclic) bond motifs is 2. The first-order valence-electron chi connectivity index (χ1n) is 9.45. The van der Waals surface area contributed by atoms with Gasteiger partial charge in [-0.25, -0.2) is 4.98 Å². The molecule has 0 saturated carbocycles. The van der Waals surface area contributed by atoms with Crippen molar-refractivity contribution >= 4 is 34.2 Å². The molecule has 1 aromatic carbocycles. The maximum atomic E-state index is 13.0. The molecule has 0 fully saturated rings. The molecule has 11 heteroatoms. The maximum absolute atomic E-state index is 13.0. The van der Waals surface area contributed by atoms with E-state index in [1.165, 1.54) is 4.90 Å². The average molecular weight is 432 g/mol. The van der Waals surface area contributed by atoms with E-state index in [9.17, 15) is 22.8 Å². The van der Waals surface area contributed by atoms with Crippen LogP contribution in [0.5, 0.6) is 0 Å². The molecular formula is C20H19F3N6O2. The van der Waals surface area contributed by atoms with Crippen LogP contribution < -0.4 is 10.2 Å². The van der Waals surface area contributed by atoms with Crippen molar-refractivity contribution < 1.29 is 22.8 Å². The molecular weight excluding hydrogens is 413 g/mol. The highest BCUT2D eigenvalue weighted by Gasteiger charge is 2.38. The average Bonchev–Trinajstić information content (AvgIpc) is 3.30. The van der Waals surface area contributed by atoms with Crippen LogP contribution in [-0.2, 0) is 11.3 Å². The summed E-state index contributed by atoms with van der Waals surface area (Å²) in [5.41, 5.74) is 3.08. The Labute approximate surface area is 175 Å². The molecule has 162 valence electrons. The molecule has 0 bridgehead atoms. The van der Waals surface area contributed by atoms with Crippen LogP contribution in [0.2, 0.25) is 0 Å². The van der Waals surface area contributed by atoms with Crippen molar-refractivity contribution in [2.75, 3.05) is 18.5 Å². The first-order valence-corrected chi connectivity index (χ1v) is 9.45. The van der Waals surface area contributed by atoms with Crippen molar-refractivity contribution in [3.63, 3.8) is 0 Å². The van der Waals surface area contributed by atoms with Crippen molar-refractivity contribution in [3.05, 3.63) is 47.8 Å². The second kappa shape index (κ2) is 7.56. The first-order chi connectivity index (χ1) is 14.6. The van der Waals surface area contributed by atoms with Crippen LogP contribution in [0.25, 0.3) is 11.0 Å². The van der Waals surface area contributed by atoms with Crippen molar-refractivity contribution in [3.8, 4) is 0 Å². The van der Waals surface area contributed by atoms with E-state index >= 15 is 0 Å². The zero-order chi connectivity index (χ0) is 22.3. The Kier molecular flexibility index (Phi) is 5.03. The van der Waals surface area contributed by atoms with E-state index in [0.29, 0.717) is 22.5 Å². The second-order valence-electron chi connectivity index (χ2n) is 7.36. The van der Waals surface area contributed by atoms with Crippen molar-refractivity contribution in [2.24, 2.45) is 0 Å². The van der Waals surface area contributed by atoms with Gasteiger partial charge >= 0.3 is 6.18 Å². The minimum Gasteiger partial charge on any atom is -0.343 e. The minimum absolute atomic E-state index is 0.142. The molecule has 2 aromatic heterocycles. The fraction of sp³-hybridized carbons (Fsp3) is 0.300. The van der Waals surface area contributed by atoms with E-state index in [-0.39, 0.29) is 6.54 Å². The van der Waals surface area contributed by atoms with Crippen LogP contribution in [0.3, 0.4) is 0 Å². The van der Waals surface area contributed by atoms with E-state index < -0.39 is 30.6 Å². The number of aromatic amines is 1. The topological polar surface area (TPSA) is 94.2 Å². The summed E-state index contributed by atoms with van der Waals surface area (Å²) < 4.78 is 38.0. The summed E-state index contributed by atoms with van der Waals surface area (Å²) in [5, 5.41) is 9.41. The van der Waals surface area contributed by atoms with Crippen LogP contribution >= 0.6 is 0 Å². The fourth-order valence-corrected chi connectivity index (χ4v) is 3.50. The Hall–Kier alpha value is -3.63. The molecule has 1 atom stereocenters. The first kappa shape index (κ1) is 20.6. The highest BCUT2D eigenvalue weighted by Crippen LogP contribution is 2.35. The second-order valence-corrected chi connectivity index (χ2v) is 7.36. The molecule has 3 aromatic rings. The van der Waals surface area contributed by atoms with Gasteiger partial charge in [-0.1, -0.05) is 12.1 Å². The monoisotopic (exact) mass is 432 g/mol. The number of nitrogens with one attached hydrogen (secondary N) is 2. The summed E-state index contributed by atoms with van der Waals surface area (Å²) in [6.07, 6.45) is -1.26. The molecule has 0 unspecified atom stereocenters. The Morgan fingerprint density at radius 1 is 1.35 bits per heavy atom. The van der Waals surface area contributed by atoms with Gasteiger partial charge in [-0.15, -0.1) is 0 Å². The third-order valence-electron chi connectivity index (χ3n) is 5.22. The fourth-order valence-electron chi connectivity index (χ4n) is 3.50. The summed E-state index contributed by atoms with van der Waals surface area (Å²) in [6.45, 7) is 0.540. The number of carbonyl (C=O) groups is 2. The number of alkyl halides is 3. The SMILES string of the molecule is C[C@H](NC(=O)CN1Cc2cccc(N(C)c3cnc4[nH]ncc4c3)c2C1=O)C(F)(F)F. The zero-order valence-corrected chi connectivity index (χ0v) is 16.7. The number of benzene rings is 1. The van der Waals surface area contributed by atoms with Crippen LogP contribution in [0.4, 0.5) is 24.5 Å². The Bertz CT molecular complexity index is 1160. The number of amides is 2. The lowest BCUT2D eigenvalue weighted by Crippen LogP contribution is -2.47. The van der Waals surface area contributed by atoms with Crippen LogP contribution in [0, 0.1) is 0 Å². The highest BCUT2D eigenvalue weighted by atomic mass is 19.4. The molecule has 0 spiro atoms. The Balaban J connectivity index is 1.55. The van der Waals surface area contributed by atoms with Gasteiger partial charge in [0, 0.05) is 19.0 Å². The lowest BCUT2D eigenvalue weighted by atomic mass is 10.1. The van der Waals surface area contributed by atoms with Gasteiger partial charge in [-0.2, -0.15) is 18.3 Å². The molecule has 1 aliphatic rings. The van der Waals surface area contributed by atoms with Gasteiger partial charge in [0.15, 0.2) is 5.65 Å². The molecule has 2 N–H and O–H groups in total. The number of carbonyl (C=O) groups excluding carboxylic acids is 2. The van der Waals surface area contributed by atoms with Gasteiger partial charge in [0.1, 0.15) is 12.6 Å². The number of pyridine rings is 1. The Morgan fingerprint density at radius 2 is 2.13 bits per heavy atom. The van der Waals surface area contributed by atoms with Gasteiger partial charge in [0.2, 0.25) is 5.91 Å². The van der Waals surface area contributed by atoms with Crippen LogP contribution in [-0.4, -0.2) is 57.7 Å². The van der Waals surface area contributed by atoms with E-state index in [1.54, 1.807) is 42.5 Å². The predicted molar refractivity (Wildman–Crippen MR) is 107 cm³/mol. The molecule has 8 nitrogen and oxygen atoms in total. The molecule has 2 amide bonds. The molecule has 0 aliphatic carbocycles. The van der Waals surface area contributed by atoms with Crippen molar-refractivity contribution in [1.29, 1.82) is 0 Å². The highest BCUT2D eigenvalue weighted by molar-refractivity contribution is 6.05. The summed E-state index contributed by atoms with van der Waals surface area (Å²) in [6, 6.07) is 5.20. The number of rotatable bonds is 5. The smallest absolute Gasteiger partial charge is 0.343 e. The molecule has 3 heterocycles. The molecule has 4 rings (SSSR count). The summed E-state index contributed by atoms with van der Waals surface area (Å²) in [5.74, 6) is -1.28. The molecule has 31 heavy (non-hydrogen) atoms. The number of anilines is 2. The lowest BCUT2D eigenvalue weighted by molar-refractivity contribution is -0.158. The third kappa shape index (κ3) is 3.90. The molecule has 0 radical (unpaired) electrons. The number of hydrogen-bond acceptors (Lipinski definition) is 5. The van der Waals surface area contributed by atoms with Crippen LogP contribution in [0.1, 0.15) is 22.8 Å². The Morgan fingerprint density at radius 3 is 2.87 bits per heavy atom. The van der Waals surface area contributed by atoms with E-state index in [4.69, 9.17) is 0 Å². The number of halogens is 3. The normalized spacial score (nSPS) is 14.6. The van der Waals surface area contributed by atoms with Gasteiger partial charge in [-0.05, 0) is 24.6 Å². The number of nitrogens with zero attached hydrogens (tertiary/aromatic N) is 4. The standard InChI is InChI=1S/C20H19F3N6O2/c1-11(20(21,22)23)26-16(30)10-29-9-12-4-3-5-15(17(12)19(29)31)28(2)14-6-13-7-25-27-18(13)24-8-14/h3-8,11H,9-10H2,1-2H3,(H,26,30)(H,24,25,27)/t11-/m0/s1. The minimum atomic E-state index is -4.55. The quantitative estimate of drug-likeness (QED) is 0.647. The summed E-state index contributed by atoms with van der Waals surface area (Å²) in [7, 11) is 1.78. The predicted octanol–water partition coefficient (Wildman–Crippen LogP) is 2.75. The number of aromatic nitrogens is 3. The van der Waals surface area contributed by atoms with Gasteiger partial charge in [0.05, 0.1) is 29.3 Å². The van der Waals surface area contributed by atoms with Crippen LogP contribution in [0.15, 0.2) is 36.7 Å². The number of H-pyrrole nitrogens is 1.